The van der Waals surface area contributed by atoms with E-state index >= 15 is 0 Å². The molecule has 3 aromatic carbocycles. The number of hydrogen-bond acceptors (Lipinski definition) is 5. The van der Waals surface area contributed by atoms with Gasteiger partial charge in [0.1, 0.15) is 0 Å². The zero-order valence-corrected chi connectivity index (χ0v) is 22.6. The van der Waals surface area contributed by atoms with Gasteiger partial charge >= 0.3 is 0 Å². The van der Waals surface area contributed by atoms with Crippen LogP contribution in [-0.4, -0.2) is 56.9 Å². The van der Waals surface area contributed by atoms with E-state index < -0.39 is 10.0 Å². The smallest absolute Gasteiger partial charge is 0.255 e. The van der Waals surface area contributed by atoms with E-state index in [9.17, 15) is 18.0 Å². The van der Waals surface area contributed by atoms with E-state index in [4.69, 9.17) is 0 Å². The van der Waals surface area contributed by atoms with E-state index in [0.29, 0.717) is 41.5 Å². The van der Waals surface area contributed by atoms with Crippen LogP contribution < -0.4 is 15.4 Å². The summed E-state index contributed by atoms with van der Waals surface area (Å²) in [6.07, 6.45) is 2.42. The number of amides is 2. The monoisotopic (exact) mass is 534 g/mol. The summed E-state index contributed by atoms with van der Waals surface area (Å²) >= 11 is 0. The van der Waals surface area contributed by atoms with E-state index in [2.05, 4.69) is 15.4 Å². The Hall–Kier alpha value is -3.27. The lowest BCUT2D eigenvalue weighted by atomic mass is 9.94. The predicted molar refractivity (Wildman–Crippen MR) is 149 cm³/mol. The van der Waals surface area contributed by atoms with Gasteiger partial charge in [-0.05, 0) is 62.4 Å². The van der Waals surface area contributed by atoms with Gasteiger partial charge in [-0.1, -0.05) is 49.4 Å². The van der Waals surface area contributed by atoms with Crippen molar-refractivity contribution >= 4 is 38.3 Å². The maximum absolute atomic E-state index is 13.6. The molecule has 2 aliphatic rings. The topological polar surface area (TPSA) is 108 Å². The molecule has 5 rings (SSSR count). The van der Waals surface area contributed by atoms with Crippen molar-refractivity contribution in [2.24, 2.45) is 5.92 Å². The Morgan fingerprint density at radius 2 is 1.71 bits per heavy atom. The van der Waals surface area contributed by atoms with Gasteiger partial charge in [-0.25, -0.2) is 13.1 Å². The molecule has 9 heteroatoms. The van der Waals surface area contributed by atoms with Gasteiger partial charge in [-0.3, -0.25) is 9.59 Å². The lowest BCUT2D eigenvalue weighted by molar-refractivity contribution is -0.135. The number of carbonyl (C=O) groups is 2. The largest absolute Gasteiger partial charge is 0.341 e. The van der Waals surface area contributed by atoms with Crippen molar-refractivity contribution in [2.75, 3.05) is 25.0 Å². The van der Waals surface area contributed by atoms with Crippen LogP contribution in [0.3, 0.4) is 0 Å². The maximum atomic E-state index is 13.6. The predicted octanol–water partition coefficient (Wildman–Crippen LogP) is 3.67. The maximum Gasteiger partial charge on any atom is 0.255 e. The Bertz CT molecular complexity index is 1470. The van der Waals surface area contributed by atoms with E-state index in [1.165, 1.54) is 0 Å². The normalized spacial score (nSPS) is 21.9. The standard InChI is InChI=1S/C29H34N4O4S/c1-19-8-3-4-9-21(19)28(34)31-25-13-14-27(23-11-6-5-10-22(23)25)38(36,37)32-24-15-17-33(18-20(24)2)29(35)26-12-7-16-30-26/h3-6,8-11,13-14,20,24,26,30,32H,7,12,15-18H2,1-2H3,(H,31,34)/t20?,24?,26-/m0/s1. The summed E-state index contributed by atoms with van der Waals surface area (Å²) in [5, 5.41) is 7.39. The van der Waals surface area contributed by atoms with Gasteiger partial charge in [0, 0.05) is 41.2 Å². The number of hydrogen-bond donors (Lipinski definition) is 3. The number of rotatable bonds is 6. The molecular formula is C29H34N4O4S. The Kier molecular flexibility index (Phi) is 7.52. The molecule has 3 N–H and O–H groups in total. The second kappa shape index (κ2) is 10.8. The second-order valence-electron chi connectivity index (χ2n) is 10.4. The van der Waals surface area contributed by atoms with Crippen LogP contribution in [0.5, 0.6) is 0 Å². The fraction of sp³-hybridized carbons (Fsp3) is 0.379. The lowest BCUT2D eigenvalue weighted by Gasteiger charge is -2.38. The molecule has 38 heavy (non-hydrogen) atoms. The molecule has 2 aliphatic heterocycles. The Labute approximate surface area is 223 Å². The summed E-state index contributed by atoms with van der Waals surface area (Å²) in [6.45, 7) is 5.77. The van der Waals surface area contributed by atoms with Gasteiger partial charge in [-0.15, -0.1) is 0 Å². The van der Waals surface area contributed by atoms with Gasteiger partial charge in [0.05, 0.1) is 10.9 Å². The van der Waals surface area contributed by atoms with Crippen molar-refractivity contribution < 1.29 is 18.0 Å². The Morgan fingerprint density at radius 3 is 2.42 bits per heavy atom. The molecular weight excluding hydrogens is 500 g/mol. The zero-order chi connectivity index (χ0) is 26.9. The summed E-state index contributed by atoms with van der Waals surface area (Å²) in [4.78, 5) is 27.8. The molecule has 2 amide bonds. The molecule has 0 bridgehead atoms. The third-order valence-corrected chi connectivity index (χ3v) is 9.24. The minimum absolute atomic E-state index is 0.0252. The molecule has 0 radical (unpaired) electrons. The van der Waals surface area contributed by atoms with Gasteiger partial charge < -0.3 is 15.5 Å². The molecule has 0 aliphatic carbocycles. The highest BCUT2D eigenvalue weighted by atomic mass is 32.2. The van der Waals surface area contributed by atoms with Gasteiger partial charge in [0.15, 0.2) is 0 Å². The number of sulfonamides is 1. The van der Waals surface area contributed by atoms with Crippen molar-refractivity contribution in [3.05, 3.63) is 71.8 Å². The molecule has 3 aromatic rings. The van der Waals surface area contributed by atoms with Crippen LogP contribution in [0.25, 0.3) is 10.8 Å². The number of piperidine rings is 1. The van der Waals surface area contributed by atoms with E-state index in [-0.39, 0.29) is 34.7 Å². The summed E-state index contributed by atoms with van der Waals surface area (Å²) in [7, 11) is -3.86. The average Bonchev–Trinajstić information content (AvgIpc) is 3.45. The number of likely N-dealkylation sites (tertiary alicyclic amines) is 1. The average molecular weight is 535 g/mol. The second-order valence-corrected chi connectivity index (χ2v) is 12.0. The first-order chi connectivity index (χ1) is 18.2. The highest BCUT2D eigenvalue weighted by Crippen LogP contribution is 2.31. The fourth-order valence-corrected chi connectivity index (χ4v) is 7.12. The number of anilines is 1. The van der Waals surface area contributed by atoms with E-state index in [0.717, 1.165) is 24.9 Å². The van der Waals surface area contributed by atoms with Crippen LogP contribution in [0, 0.1) is 12.8 Å². The molecule has 0 aromatic heterocycles. The minimum atomic E-state index is -3.86. The van der Waals surface area contributed by atoms with Crippen molar-refractivity contribution in [1.82, 2.24) is 14.9 Å². The number of benzene rings is 3. The van der Waals surface area contributed by atoms with Crippen LogP contribution in [0.4, 0.5) is 5.69 Å². The summed E-state index contributed by atoms with van der Waals surface area (Å²) in [5.41, 5.74) is 1.98. The molecule has 0 spiro atoms. The molecule has 200 valence electrons. The van der Waals surface area contributed by atoms with E-state index in [1.807, 2.05) is 49.1 Å². The molecule has 2 fully saturated rings. The third kappa shape index (κ3) is 5.32. The van der Waals surface area contributed by atoms with Crippen molar-refractivity contribution in [3.8, 4) is 0 Å². The number of carbonyl (C=O) groups excluding carboxylic acids is 2. The van der Waals surface area contributed by atoms with Crippen LogP contribution in [0.15, 0.2) is 65.6 Å². The summed E-state index contributed by atoms with van der Waals surface area (Å²) < 4.78 is 30.1. The molecule has 2 unspecified atom stereocenters. The highest BCUT2D eigenvalue weighted by Gasteiger charge is 2.35. The minimum Gasteiger partial charge on any atom is -0.341 e. The number of nitrogens with zero attached hydrogens (tertiary/aromatic N) is 1. The number of aryl methyl sites for hydroxylation is 1. The molecule has 0 saturated carbocycles. The van der Waals surface area contributed by atoms with Crippen molar-refractivity contribution in [1.29, 1.82) is 0 Å². The van der Waals surface area contributed by atoms with Gasteiger partial charge in [-0.2, -0.15) is 0 Å². The highest BCUT2D eigenvalue weighted by molar-refractivity contribution is 7.89. The van der Waals surface area contributed by atoms with Crippen LogP contribution >= 0.6 is 0 Å². The van der Waals surface area contributed by atoms with E-state index in [1.54, 1.807) is 30.3 Å². The van der Waals surface area contributed by atoms with Crippen molar-refractivity contribution in [3.63, 3.8) is 0 Å². The first kappa shape index (κ1) is 26.3. The fourth-order valence-electron chi connectivity index (χ4n) is 5.53. The molecule has 3 atom stereocenters. The first-order valence-electron chi connectivity index (χ1n) is 13.2. The Morgan fingerprint density at radius 1 is 0.974 bits per heavy atom. The zero-order valence-electron chi connectivity index (χ0n) is 21.7. The number of nitrogens with one attached hydrogen (secondary N) is 3. The van der Waals surface area contributed by atoms with Crippen LogP contribution in [-0.2, 0) is 14.8 Å². The summed E-state index contributed by atoms with van der Waals surface area (Å²) in [6, 6.07) is 17.3. The lowest BCUT2D eigenvalue weighted by Crippen LogP contribution is -2.54. The third-order valence-electron chi connectivity index (χ3n) is 7.69. The Balaban J connectivity index is 1.34. The quantitative estimate of drug-likeness (QED) is 0.447. The van der Waals surface area contributed by atoms with Crippen LogP contribution in [0.1, 0.15) is 42.1 Å². The first-order valence-corrected chi connectivity index (χ1v) is 14.7. The number of fused-ring (bicyclic) bond motifs is 1. The van der Waals surface area contributed by atoms with Crippen LogP contribution in [0.2, 0.25) is 0 Å². The summed E-state index contributed by atoms with van der Waals surface area (Å²) in [5.74, 6) is -0.155. The molecule has 2 saturated heterocycles. The van der Waals surface area contributed by atoms with Crippen molar-refractivity contribution in [2.45, 2.75) is 50.1 Å². The molecule has 8 nitrogen and oxygen atoms in total. The SMILES string of the molecule is Cc1ccccc1C(=O)Nc1ccc(S(=O)(=O)NC2CCN(C(=O)[C@@H]3CCCN3)CC2C)c2ccccc12. The van der Waals surface area contributed by atoms with Gasteiger partial charge in [0.25, 0.3) is 5.91 Å². The molecule has 2 heterocycles. The van der Waals surface area contributed by atoms with Gasteiger partial charge in [0.2, 0.25) is 15.9 Å².